The highest BCUT2D eigenvalue weighted by molar-refractivity contribution is 7.92. The van der Waals surface area contributed by atoms with Gasteiger partial charge >= 0.3 is 0 Å². The highest BCUT2D eigenvalue weighted by atomic mass is 32.2. The molecule has 0 radical (unpaired) electrons. The molecule has 0 spiro atoms. The van der Waals surface area contributed by atoms with Crippen molar-refractivity contribution in [1.29, 1.82) is 0 Å². The number of halogens is 1. The van der Waals surface area contributed by atoms with Gasteiger partial charge < -0.3 is 10.9 Å². The molecule has 2 aromatic rings. The lowest BCUT2D eigenvalue weighted by Gasteiger charge is -2.11. The van der Waals surface area contributed by atoms with E-state index in [9.17, 15) is 12.8 Å². The molecule has 7 nitrogen and oxygen atoms in total. The molecular weight excluding hydrogens is 299 g/mol. The summed E-state index contributed by atoms with van der Waals surface area (Å²) in [6.45, 7) is 0. The summed E-state index contributed by atoms with van der Waals surface area (Å²) in [6, 6.07) is 6.89. The first-order chi connectivity index (χ1) is 9.94. The molecule has 1 aromatic carbocycles. The zero-order valence-electron chi connectivity index (χ0n) is 10.6. The Hall–Kier alpha value is -2.68. The summed E-state index contributed by atoms with van der Waals surface area (Å²) in [4.78, 5) is 3.15. The number of para-hydroxylation sites is 1. The molecule has 0 aliphatic carbocycles. The Labute approximate surface area is 120 Å². The summed E-state index contributed by atoms with van der Waals surface area (Å²) < 4.78 is 39.6. The summed E-state index contributed by atoms with van der Waals surface area (Å²) in [5, 5.41) is 11.5. The number of aromatic nitrogens is 1. The summed E-state index contributed by atoms with van der Waals surface area (Å²) in [5.74, 6) is -1.03. The number of pyridine rings is 1. The molecule has 1 heterocycles. The lowest BCUT2D eigenvalue weighted by molar-refractivity contribution is 0.318. The summed E-state index contributed by atoms with van der Waals surface area (Å²) in [6.07, 6.45) is 1.90. The highest BCUT2D eigenvalue weighted by Gasteiger charge is 2.18. The third-order valence-corrected chi connectivity index (χ3v) is 3.88. The van der Waals surface area contributed by atoms with Gasteiger partial charge in [0.05, 0.1) is 11.9 Å². The molecule has 0 aliphatic rings. The molecule has 9 heteroatoms. The largest absolute Gasteiger partial charge is 0.409 e. The topological polar surface area (TPSA) is 118 Å². The number of oxime groups is 1. The van der Waals surface area contributed by atoms with Gasteiger partial charge in [-0.3, -0.25) is 9.71 Å². The maximum atomic E-state index is 13.1. The fourth-order valence-electron chi connectivity index (χ4n) is 1.59. The Bertz CT molecular complexity index is 793. The number of nitrogens with two attached hydrogens (primary N) is 1. The van der Waals surface area contributed by atoms with E-state index in [1.54, 1.807) is 12.1 Å². The van der Waals surface area contributed by atoms with E-state index in [-0.39, 0.29) is 22.0 Å². The second-order valence-electron chi connectivity index (χ2n) is 3.98. The van der Waals surface area contributed by atoms with E-state index < -0.39 is 15.8 Å². The monoisotopic (exact) mass is 310 g/mol. The maximum Gasteiger partial charge on any atom is 0.263 e. The Balaban J connectivity index is 2.43. The molecule has 0 unspecified atom stereocenters. The molecule has 2 rings (SSSR count). The number of hydrogen-bond donors (Lipinski definition) is 3. The molecule has 0 saturated heterocycles. The van der Waals surface area contributed by atoms with Crippen LogP contribution in [0.5, 0.6) is 0 Å². The van der Waals surface area contributed by atoms with Gasteiger partial charge in [0.1, 0.15) is 10.7 Å². The van der Waals surface area contributed by atoms with Gasteiger partial charge in [-0.1, -0.05) is 17.3 Å². The molecule has 0 fully saturated rings. The van der Waals surface area contributed by atoms with Gasteiger partial charge in [-0.05, 0) is 18.2 Å². The van der Waals surface area contributed by atoms with Gasteiger partial charge in [0.25, 0.3) is 10.0 Å². The van der Waals surface area contributed by atoms with Crippen molar-refractivity contribution in [1.82, 2.24) is 4.98 Å². The van der Waals surface area contributed by atoms with Crippen molar-refractivity contribution >= 4 is 21.5 Å². The zero-order chi connectivity index (χ0) is 15.5. The molecule has 4 N–H and O–H groups in total. The SMILES string of the molecule is NC(=NO)c1ccccc1NS(=O)(=O)c1cncc(F)c1. The van der Waals surface area contributed by atoms with Crippen LogP contribution in [0.15, 0.2) is 52.8 Å². The first-order valence-electron chi connectivity index (χ1n) is 5.64. The van der Waals surface area contributed by atoms with Crippen LogP contribution in [0.4, 0.5) is 10.1 Å². The fraction of sp³-hybridized carbons (Fsp3) is 0. The number of benzene rings is 1. The van der Waals surface area contributed by atoms with Crippen LogP contribution in [0.3, 0.4) is 0 Å². The van der Waals surface area contributed by atoms with Gasteiger partial charge in [-0.2, -0.15) is 0 Å². The van der Waals surface area contributed by atoms with Crippen LogP contribution in [0, 0.1) is 5.82 Å². The van der Waals surface area contributed by atoms with E-state index in [4.69, 9.17) is 10.9 Å². The van der Waals surface area contributed by atoms with Crippen LogP contribution in [0.25, 0.3) is 0 Å². The number of rotatable bonds is 4. The molecule has 1 aromatic heterocycles. The van der Waals surface area contributed by atoms with Gasteiger partial charge in [0.15, 0.2) is 5.84 Å². The van der Waals surface area contributed by atoms with Gasteiger partial charge in [0.2, 0.25) is 0 Å². The van der Waals surface area contributed by atoms with E-state index >= 15 is 0 Å². The van der Waals surface area contributed by atoms with Crippen molar-refractivity contribution < 1.29 is 18.0 Å². The number of amidine groups is 1. The zero-order valence-corrected chi connectivity index (χ0v) is 11.4. The average molecular weight is 310 g/mol. The van der Waals surface area contributed by atoms with Crippen molar-refractivity contribution in [3.05, 3.63) is 54.1 Å². The standard InChI is InChI=1S/C12H11FN4O3S/c13-8-5-9(7-15-6-8)21(19,20)17-11-4-2-1-3-10(11)12(14)16-18/h1-7,17-18H,(H2,14,16). The van der Waals surface area contributed by atoms with E-state index in [0.717, 1.165) is 18.5 Å². The fourth-order valence-corrected chi connectivity index (χ4v) is 2.65. The van der Waals surface area contributed by atoms with Crippen LogP contribution < -0.4 is 10.5 Å². The number of anilines is 1. The number of hydrogen-bond acceptors (Lipinski definition) is 5. The smallest absolute Gasteiger partial charge is 0.263 e. The van der Waals surface area contributed by atoms with Crippen LogP contribution in [-0.4, -0.2) is 24.4 Å². The first-order valence-corrected chi connectivity index (χ1v) is 7.12. The van der Waals surface area contributed by atoms with Crippen LogP contribution in [0.2, 0.25) is 0 Å². The van der Waals surface area contributed by atoms with E-state index in [1.807, 2.05) is 0 Å². The molecule has 0 saturated carbocycles. The quantitative estimate of drug-likeness (QED) is 0.338. The van der Waals surface area contributed by atoms with Crippen LogP contribution in [-0.2, 0) is 10.0 Å². The lowest BCUT2D eigenvalue weighted by Crippen LogP contribution is -2.19. The Kier molecular flexibility index (Phi) is 4.03. The first kappa shape index (κ1) is 14.7. The van der Waals surface area contributed by atoms with Crippen molar-refractivity contribution in [2.75, 3.05) is 4.72 Å². The molecule has 0 atom stereocenters. The third-order valence-electron chi connectivity index (χ3n) is 2.55. The minimum Gasteiger partial charge on any atom is -0.409 e. The molecule has 0 bridgehead atoms. The van der Waals surface area contributed by atoms with E-state index in [1.165, 1.54) is 12.1 Å². The number of nitrogens with zero attached hydrogens (tertiary/aromatic N) is 2. The van der Waals surface area contributed by atoms with Crippen molar-refractivity contribution in [2.24, 2.45) is 10.9 Å². The predicted octanol–water partition coefficient (Wildman–Crippen LogP) is 1.12. The Morgan fingerprint density at radius 2 is 2.05 bits per heavy atom. The van der Waals surface area contributed by atoms with Gasteiger partial charge in [0, 0.05) is 11.8 Å². The third kappa shape index (κ3) is 3.26. The highest BCUT2D eigenvalue weighted by Crippen LogP contribution is 2.19. The Morgan fingerprint density at radius 1 is 1.33 bits per heavy atom. The number of nitrogens with one attached hydrogen (secondary N) is 1. The van der Waals surface area contributed by atoms with E-state index in [2.05, 4.69) is 14.9 Å². The van der Waals surface area contributed by atoms with Crippen molar-refractivity contribution in [2.45, 2.75) is 4.90 Å². The van der Waals surface area contributed by atoms with Gasteiger partial charge in [-0.25, -0.2) is 12.8 Å². The molecule has 0 amide bonds. The Morgan fingerprint density at radius 3 is 2.71 bits per heavy atom. The molecule has 0 aliphatic heterocycles. The van der Waals surface area contributed by atoms with Crippen molar-refractivity contribution in [3.8, 4) is 0 Å². The summed E-state index contributed by atoms with van der Waals surface area (Å²) >= 11 is 0. The predicted molar refractivity (Wildman–Crippen MR) is 74.0 cm³/mol. The molecular formula is C12H11FN4O3S. The minimum absolute atomic E-state index is 0.0945. The molecule has 21 heavy (non-hydrogen) atoms. The molecule has 110 valence electrons. The normalized spacial score (nSPS) is 12.1. The number of sulfonamides is 1. The van der Waals surface area contributed by atoms with Crippen LogP contribution >= 0.6 is 0 Å². The van der Waals surface area contributed by atoms with E-state index in [0.29, 0.717) is 0 Å². The van der Waals surface area contributed by atoms with Crippen molar-refractivity contribution in [3.63, 3.8) is 0 Å². The van der Waals surface area contributed by atoms with Gasteiger partial charge in [-0.15, -0.1) is 0 Å². The van der Waals surface area contributed by atoms with Crippen LogP contribution in [0.1, 0.15) is 5.56 Å². The maximum absolute atomic E-state index is 13.1. The second kappa shape index (κ2) is 5.75. The average Bonchev–Trinajstić information content (AvgIpc) is 2.46. The summed E-state index contributed by atoms with van der Waals surface area (Å²) in [7, 11) is -4.04. The lowest BCUT2D eigenvalue weighted by atomic mass is 10.2. The minimum atomic E-state index is -4.04. The second-order valence-corrected chi connectivity index (χ2v) is 5.66. The summed E-state index contributed by atoms with van der Waals surface area (Å²) in [5.41, 5.74) is 5.75.